The van der Waals surface area contributed by atoms with Crippen molar-refractivity contribution in [3.63, 3.8) is 0 Å². The van der Waals surface area contributed by atoms with Crippen LogP contribution in [0.4, 0.5) is 0 Å². The van der Waals surface area contributed by atoms with Crippen molar-refractivity contribution in [2.24, 2.45) is 5.92 Å². The molecule has 0 amide bonds. The minimum absolute atomic E-state index is 0.713. The fourth-order valence-corrected chi connectivity index (χ4v) is 2.89. The lowest BCUT2D eigenvalue weighted by atomic mass is 9.99. The Morgan fingerprint density at radius 1 is 1.44 bits per heavy atom. The molecule has 0 atom stereocenters. The molecule has 96 valence electrons. The molecule has 1 aliphatic rings. The van der Waals surface area contributed by atoms with Crippen LogP contribution in [0, 0.1) is 5.92 Å². The van der Waals surface area contributed by atoms with E-state index in [1.807, 2.05) is 17.5 Å². The topological polar surface area (TPSA) is 42.2 Å². The Kier molecular flexibility index (Phi) is 3.43. The summed E-state index contributed by atoms with van der Waals surface area (Å²) in [5.74, 6) is 2.30. The lowest BCUT2D eigenvalue weighted by Gasteiger charge is -2.28. The Labute approximate surface area is 111 Å². The summed E-state index contributed by atoms with van der Waals surface area (Å²) in [6.45, 7) is 5.37. The van der Waals surface area contributed by atoms with Gasteiger partial charge in [0.05, 0.1) is 11.4 Å². The quantitative estimate of drug-likeness (QED) is 0.853. The second-order valence-electron chi connectivity index (χ2n) is 4.95. The predicted molar refractivity (Wildman–Crippen MR) is 71.3 cm³/mol. The first-order chi connectivity index (χ1) is 8.81. The molecule has 1 fully saturated rings. The highest BCUT2D eigenvalue weighted by Crippen LogP contribution is 2.22. The van der Waals surface area contributed by atoms with Crippen LogP contribution >= 0.6 is 11.3 Å². The van der Waals surface area contributed by atoms with E-state index < -0.39 is 0 Å². The largest absolute Gasteiger partial charge is 0.338 e. The van der Waals surface area contributed by atoms with Gasteiger partial charge in [0.2, 0.25) is 11.7 Å². The molecule has 3 rings (SSSR count). The van der Waals surface area contributed by atoms with E-state index >= 15 is 0 Å². The monoisotopic (exact) mass is 263 g/mol. The molecule has 0 radical (unpaired) electrons. The Morgan fingerprint density at radius 2 is 2.28 bits per heavy atom. The Morgan fingerprint density at radius 3 is 3.00 bits per heavy atom. The molecule has 2 aromatic rings. The summed E-state index contributed by atoms with van der Waals surface area (Å²) in [4.78, 5) is 7.92. The molecule has 5 heteroatoms. The molecule has 0 bridgehead atoms. The Hall–Kier alpha value is -1.20. The summed E-state index contributed by atoms with van der Waals surface area (Å²) in [6.07, 6.45) is 2.54. The van der Waals surface area contributed by atoms with E-state index in [0.29, 0.717) is 5.82 Å². The fourth-order valence-electron chi connectivity index (χ4n) is 2.24. The number of hydrogen-bond acceptors (Lipinski definition) is 5. The third kappa shape index (κ3) is 2.62. The molecule has 0 spiro atoms. The summed E-state index contributed by atoms with van der Waals surface area (Å²) in [5.41, 5.74) is 0. The molecule has 0 saturated carbocycles. The van der Waals surface area contributed by atoms with E-state index in [-0.39, 0.29) is 0 Å². The van der Waals surface area contributed by atoms with Gasteiger partial charge in [-0.1, -0.05) is 18.1 Å². The number of rotatable bonds is 3. The second kappa shape index (κ2) is 5.20. The van der Waals surface area contributed by atoms with Crippen LogP contribution in [0.25, 0.3) is 10.7 Å². The molecule has 0 aliphatic carbocycles. The van der Waals surface area contributed by atoms with Crippen LogP contribution in [-0.4, -0.2) is 28.1 Å². The zero-order valence-corrected chi connectivity index (χ0v) is 11.3. The molecular formula is C13H17N3OS. The number of nitrogens with zero attached hydrogens (tertiary/aromatic N) is 3. The number of aromatic nitrogens is 2. The molecule has 0 N–H and O–H groups in total. The normalized spacial score (nSPS) is 18.3. The number of likely N-dealkylation sites (tertiary alicyclic amines) is 1. The van der Waals surface area contributed by atoms with Gasteiger partial charge in [-0.25, -0.2) is 0 Å². The van der Waals surface area contributed by atoms with Crippen molar-refractivity contribution in [2.45, 2.75) is 26.3 Å². The van der Waals surface area contributed by atoms with Gasteiger partial charge in [-0.3, -0.25) is 4.90 Å². The first-order valence-electron chi connectivity index (χ1n) is 6.40. The van der Waals surface area contributed by atoms with Gasteiger partial charge in [-0.05, 0) is 43.3 Å². The lowest BCUT2D eigenvalue weighted by Crippen LogP contribution is -2.32. The van der Waals surface area contributed by atoms with E-state index in [1.54, 1.807) is 11.3 Å². The summed E-state index contributed by atoms with van der Waals surface area (Å²) >= 11 is 1.64. The summed E-state index contributed by atoms with van der Waals surface area (Å²) in [6, 6.07) is 4.02. The van der Waals surface area contributed by atoms with Crippen LogP contribution in [-0.2, 0) is 6.54 Å². The molecule has 1 saturated heterocycles. The van der Waals surface area contributed by atoms with Gasteiger partial charge >= 0.3 is 0 Å². The Balaban J connectivity index is 1.64. The van der Waals surface area contributed by atoms with E-state index in [0.717, 1.165) is 36.3 Å². The molecule has 1 aliphatic heterocycles. The summed E-state index contributed by atoms with van der Waals surface area (Å²) < 4.78 is 5.32. The summed E-state index contributed by atoms with van der Waals surface area (Å²) in [7, 11) is 0. The average molecular weight is 263 g/mol. The number of hydrogen-bond donors (Lipinski definition) is 0. The maximum atomic E-state index is 5.32. The molecule has 4 nitrogen and oxygen atoms in total. The molecular weight excluding hydrogens is 246 g/mol. The van der Waals surface area contributed by atoms with Gasteiger partial charge in [0.15, 0.2) is 0 Å². The van der Waals surface area contributed by atoms with Crippen molar-refractivity contribution >= 4 is 11.3 Å². The van der Waals surface area contributed by atoms with Gasteiger partial charge in [0.25, 0.3) is 0 Å². The van der Waals surface area contributed by atoms with Crippen LogP contribution in [0.5, 0.6) is 0 Å². The highest BCUT2D eigenvalue weighted by atomic mass is 32.1. The lowest BCUT2D eigenvalue weighted by molar-refractivity contribution is 0.165. The predicted octanol–water partition coefficient (Wildman–Crippen LogP) is 3.03. The van der Waals surface area contributed by atoms with Crippen molar-refractivity contribution in [3.8, 4) is 10.7 Å². The van der Waals surface area contributed by atoms with Crippen molar-refractivity contribution in [1.29, 1.82) is 0 Å². The first kappa shape index (κ1) is 11.9. The van der Waals surface area contributed by atoms with E-state index in [2.05, 4.69) is 22.0 Å². The maximum absolute atomic E-state index is 5.32. The van der Waals surface area contributed by atoms with Crippen molar-refractivity contribution in [3.05, 3.63) is 23.4 Å². The zero-order valence-electron chi connectivity index (χ0n) is 10.5. The highest BCUT2D eigenvalue weighted by molar-refractivity contribution is 7.13. The van der Waals surface area contributed by atoms with Crippen LogP contribution in [0.15, 0.2) is 22.0 Å². The van der Waals surface area contributed by atoms with Crippen molar-refractivity contribution < 1.29 is 4.52 Å². The fraction of sp³-hybridized carbons (Fsp3) is 0.538. The average Bonchev–Trinajstić information content (AvgIpc) is 3.02. The smallest absolute Gasteiger partial charge is 0.241 e. The van der Waals surface area contributed by atoms with Crippen LogP contribution < -0.4 is 0 Å². The molecule has 18 heavy (non-hydrogen) atoms. The van der Waals surface area contributed by atoms with Gasteiger partial charge in [-0.2, -0.15) is 4.98 Å². The zero-order chi connectivity index (χ0) is 12.4. The van der Waals surface area contributed by atoms with E-state index in [1.165, 1.54) is 12.8 Å². The van der Waals surface area contributed by atoms with Crippen LogP contribution in [0.1, 0.15) is 25.7 Å². The van der Waals surface area contributed by atoms with Gasteiger partial charge in [-0.15, -0.1) is 11.3 Å². The molecule has 2 aromatic heterocycles. The molecule has 0 aromatic carbocycles. The third-order valence-electron chi connectivity index (χ3n) is 3.44. The van der Waals surface area contributed by atoms with E-state index in [4.69, 9.17) is 4.52 Å². The Bertz CT molecular complexity index is 486. The van der Waals surface area contributed by atoms with Crippen molar-refractivity contribution in [1.82, 2.24) is 15.0 Å². The highest BCUT2D eigenvalue weighted by Gasteiger charge is 2.18. The van der Waals surface area contributed by atoms with Crippen LogP contribution in [0.3, 0.4) is 0 Å². The summed E-state index contributed by atoms with van der Waals surface area (Å²) in [5, 5.41) is 6.06. The molecule has 0 unspecified atom stereocenters. The van der Waals surface area contributed by atoms with E-state index in [9.17, 15) is 0 Å². The second-order valence-corrected chi connectivity index (χ2v) is 5.90. The van der Waals surface area contributed by atoms with Crippen molar-refractivity contribution in [2.75, 3.05) is 13.1 Å². The SMILES string of the molecule is CC1CCN(Cc2nc(-c3cccs3)no2)CC1. The number of thiophene rings is 1. The minimum atomic E-state index is 0.713. The third-order valence-corrected chi connectivity index (χ3v) is 4.31. The first-order valence-corrected chi connectivity index (χ1v) is 7.28. The minimum Gasteiger partial charge on any atom is -0.338 e. The van der Waals surface area contributed by atoms with Gasteiger partial charge in [0.1, 0.15) is 0 Å². The maximum Gasteiger partial charge on any atom is 0.241 e. The van der Waals surface area contributed by atoms with Crippen LogP contribution in [0.2, 0.25) is 0 Å². The van der Waals surface area contributed by atoms with Gasteiger partial charge in [0, 0.05) is 0 Å². The standard InChI is InChI=1S/C13H17N3OS/c1-10-4-6-16(7-5-10)9-12-14-13(15-17-12)11-3-2-8-18-11/h2-3,8,10H,4-7,9H2,1H3. The number of piperidine rings is 1. The molecule has 3 heterocycles. The van der Waals surface area contributed by atoms with Gasteiger partial charge < -0.3 is 4.52 Å².